The number of nitrogens with zero attached hydrogens (tertiary/aromatic N) is 2. The number of aromatic hydroxyl groups is 1. The van der Waals surface area contributed by atoms with Crippen molar-refractivity contribution >= 4 is 18.0 Å². The molecule has 2 saturated heterocycles. The zero-order valence-electron chi connectivity index (χ0n) is 20.0. The fourth-order valence-electron chi connectivity index (χ4n) is 5.33. The fraction of sp³-hybridized carbons (Fsp3) is 0.615. The normalized spacial score (nSPS) is 25.4. The zero-order chi connectivity index (χ0) is 23.6. The van der Waals surface area contributed by atoms with Crippen LogP contribution in [0.5, 0.6) is 11.5 Å². The molecule has 1 N–H and O–H groups in total. The highest BCUT2D eigenvalue weighted by Crippen LogP contribution is 2.49. The number of esters is 1. The van der Waals surface area contributed by atoms with Crippen molar-refractivity contribution in [2.45, 2.75) is 77.0 Å². The number of phenols is 1. The molecule has 7 heteroatoms. The van der Waals surface area contributed by atoms with Gasteiger partial charge in [0.15, 0.2) is 6.10 Å². The van der Waals surface area contributed by atoms with Crippen LogP contribution in [0.15, 0.2) is 18.2 Å². The maximum absolute atomic E-state index is 12.6. The van der Waals surface area contributed by atoms with Gasteiger partial charge >= 0.3 is 5.97 Å². The number of benzene rings is 1. The molecule has 4 rings (SSSR count). The summed E-state index contributed by atoms with van der Waals surface area (Å²) in [5, 5.41) is 11.4. The van der Waals surface area contributed by atoms with E-state index in [2.05, 4.69) is 4.90 Å². The Morgan fingerprint density at radius 1 is 1.06 bits per heavy atom. The van der Waals surface area contributed by atoms with Gasteiger partial charge < -0.3 is 19.5 Å². The first-order chi connectivity index (χ1) is 15.8. The predicted octanol–water partition coefficient (Wildman–Crippen LogP) is 4.05. The van der Waals surface area contributed by atoms with Crippen molar-refractivity contribution in [3.8, 4) is 11.5 Å². The molecule has 0 spiro atoms. The third-order valence-electron chi connectivity index (χ3n) is 7.00. The standard InChI is InChI=1S/C26H36N2O5/c1-18(29)32-25-23(28-16-8-5-9-17-28)22-20(33-26(25,2)3)12-10-19(24(22)31)11-13-21(30)27-14-6-4-7-15-27/h10-13,23,25,31H,4-9,14-17H2,1-3H3/b13-11+/t23-,25+/m1/s1. The van der Waals surface area contributed by atoms with Crippen LogP contribution in [0.4, 0.5) is 0 Å². The summed E-state index contributed by atoms with van der Waals surface area (Å²) in [5.41, 5.74) is 0.440. The predicted molar refractivity (Wildman–Crippen MR) is 126 cm³/mol. The van der Waals surface area contributed by atoms with Crippen molar-refractivity contribution < 1.29 is 24.2 Å². The molecule has 1 amide bonds. The van der Waals surface area contributed by atoms with Crippen LogP contribution in [0, 0.1) is 0 Å². The fourth-order valence-corrected chi connectivity index (χ4v) is 5.33. The minimum absolute atomic E-state index is 0.0328. The first kappa shape index (κ1) is 23.6. The van der Waals surface area contributed by atoms with Gasteiger partial charge in [-0.3, -0.25) is 14.5 Å². The van der Waals surface area contributed by atoms with Gasteiger partial charge in [0.05, 0.1) is 11.6 Å². The van der Waals surface area contributed by atoms with Gasteiger partial charge in [-0.05, 0) is 77.2 Å². The molecule has 0 radical (unpaired) electrons. The van der Waals surface area contributed by atoms with Gasteiger partial charge in [-0.15, -0.1) is 0 Å². The number of phenolic OH excluding ortho intramolecular Hbond substituents is 1. The number of hydrogen-bond acceptors (Lipinski definition) is 6. The number of hydrogen-bond donors (Lipinski definition) is 1. The van der Waals surface area contributed by atoms with E-state index in [4.69, 9.17) is 9.47 Å². The van der Waals surface area contributed by atoms with E-state index in [-0.39, 0.29) is 23.7 Å². The first-order valence-corrected chi connectivity index (χ1v) is 12.2. The molecule has 1 aromatic carbocycles. The topological polar surface area (TPSA) is 79.3 Å². The summed E-state index contributed by atoms with van der Waals surface area (Å²) in [6, 6.07) is 3.31. The number of rotatable bonds is 4. The van der Waals surface area contributed by atoms with Crippen LogP contribution < -0.4 is 4.74 Å². The monoisotopic (exact) mass is 456 g/mol. The van der Waals surface area contributed by atoms with Crippen LogP contribution in [0.3, 0.4) is 0 Å². The largest absolute Gasteiger partial charge is 0.507 e. The van der Waals surface area contributed by atoms with Crippen LogP contribution in [0.1, 0.15) is 76.5 Å². The minimum Gasteiger partial charge on any atom is -0.507 e. The summed E-state index contributed by atoms with van der Waals surface area (Å²) >= 11 is 0. The van der Waals surface area contributed by atoms with Crippen molar-refractivity contribution in [3.63, 3.8) is 0 Å². The molecule has 0 bridgehead atoms. The number of fused-ring (bicyclic) bond motifs is 1. The highest BCUT2D eigenvalue weighted by molar-refractivity contribution is 5.92. The summed E-state index contributed by atoms with van der Waals surface area (Å²) in [7, 11) is 0. The molecular formula is C26H36N2O5. The van der Waals surface area contributed by atoms with Gasteiger partial charge in [-0.25, -0.2) is 0 Å². The van der Waals surface area contributed by atoms with Gasteiger partial charge in [0.2, 0.25) is 5.91 Å². The third-order valence-corrected chi connectivity index (χ3v) is 7.00. The van der Waals surface area contributed by atoms with E-state index in [0.29, 0.717) is 16.9 Å². The molecule has 3 aliphatic rings. The molecule has 180 valence electrons. The third kappa shape index (κ3) is 5.03. The van der Waals surface area contributed by atoms with Crippen molar-refractivity contribution in [1.29, 1.82) is 0 Å². The smallest absolute Gasteiger partial charge is 0.303 e. The second kappa shape index (κ2) is 9.75. The lowest BCUT2D eigenvalue weighted by molar-refractivity contribution is -0.170. The summed E-state index contributed by atoms with van der Waals surface area (Å²) in [6.45, 7) is 8.54. The lowest BCUT2D eigenvalue weighted by atomic mass is 9.83. The molecule has 0 aromatic heterocycles. The van der Waals surface area contributed by atoms with Gasteiger partial charge in [0.1, 0.15) is 17.1 Å². The van der Waals surface area contributed by atoms with Crippen molar-refractivity contribution in [2.24, 2.45) is 0 Å². The van der Waals surface area contributed by atoms with Crippen molar-refractivity contribution in [1.82, 2.24) is 9.80 Å². The number of amides is 1. The maximum atomic E-state index is 12.6. The van der Waals surface area contributed by atoms with E-state index in [9.17, 15) is 14.7 Å². The second-order valence-corrected chi connectivity index (χ2v) is 9.91. The molecular weight excluding hydrogens is 420 g/mol. The van der Waals surface area contributed by atoms with Gasteiger partial charge in [0.25, 0.3) is 0 Å². The van der Waals surface area contributed by atoms with E-state index in [0.717, 1.165) is 58.3 Å². The van der Waals surface area contributed by atoms with Gasteiger partial charge in [-0.1, -0.05) is 6.42 Å². The average molecular weight is 457 g/mol. The van der Waals surface area contributed by atoms with Crippen LogP contribution in [0.2, 0.25) is 0 Å². The first-order valence-electron chi connectivity index (χ1n) is 12.2. The Kier molecular flexibility index (Phi) is 6.98. The number of likely N-dealkylation sites (tertiary alicyclic amines) is 2. The Labute approximate surface area is 196 Å². The summed E-state index contributed by atoms with van der Waals surface area (Å²) < 4.78 is 12.1. The summed E-state index contributed by atoms with van der Waals surface area (Å²) in [6.07, 6.45) is 9.17. The van der Waals surface area contributed by atoms with E-state index in [1.807, 2.05) is 24.8 Å². The molecule has 3 heterocycles. The summed E-state index contributed by atoms with van der Waals surface area (Å²) in [5.74, 6) is 0.272. The highest BCUT2D eigenvalue weighted by Gasteiger charge is 2.50. The molecule has 1 aromatic rings. The Hall–Kier alpha value is -2.54. The van der Waals surface area contributed by atoms with Crippen LogP contribution >= 0.6 is 0 Å². The average Bonchev–Trinajstić information content (AvgIpc) is 2.80. The lowest BCUT2D eigenvalue weighted by Crippen LogP contribution is -2.56. The second-order valence-electron chi connectivity index (χ2n) is 9.91. The lowest BCUT2D eigenvalue weighted by Gasteiger charge is -2.48. The number of carbonyl (C=O) groups excluding carboxylic acids is 2. The van der Waals surface area contributed by atoms with Crippen molar-refractivity contribution in [2.75, 3.05) is 26.2 Å². The van der Waals surface area contributed by atoms with E-state index >= 15 is 0 Å². The molecule has 2 atom stereocenters. The van der Waals surface area contributed by atoms with E-state index in [1.165, 1.54) is 13.3 Å². The molecule has 7 nitrogen and oxygen atoms in total. The van der Waals surface area contributed by atoms with Crippen LogP contribution in [-0.2, 0) is 14.3 Å². The van der Waals surface area contributed by atoms with Crippen molar-refractivity contribution in [3.05, 3.63) is 29.3 Å². The molecule has 0 aliphatic carbocycles. The quantitative estimate of drug-likeness (QED) is 0.544. The van der Waals surface area contributed by atoms with Crippen LogP contribution in [0.25, 0.3) is 6.08 Å². The zero-order valence-corrected chi connectivity index (χ0v) is 20.0. The van der Waals surface area contributed by atoms with Gasteiger partial charge in [0, 0.05) is 31.7 Å². The molecule has 2 fully saturated rings. The Bertz CT molecular complexity index is 914. The summed E-state index contributed by atoms with van der Waals surface area (Å²) in [4.78, 5) is 28.8. The van der Waals surface area contributed by atoms with Crippen LogP contribution in [-0.4, -0.2) is 64.7 Å². The number of piperidine rings is 2. The number of carbonyl (C=O) groups is 2. The Morgan fingerprint density at radius 3 is 2.33 bits per heavy atom. The van der Waals surface area contributed by atoms with E-state index < -0.39 is 11.7 Å². The Balaban J connectivity index is 1.70. The molecule has 0 unspecified atom stereocenters. The molecule has 33 heavy (non-hydrogen) atoms. The molecule has 3 aliphatic heterocycles. The molecule has 0 saturated carbocycles. The van der Waals surface area contributed by atoms with Gasteiger partial charge in [-0.2, -0.15) is 0 Å². The highest BCUT2D eigenvalue weighted by atomic mass is 16.6. The SMILES string of the molecule is CC(=O)O[C@H]1[C@H](N2CCCCC2)c2c(ccc(/C=C/C(=O)N3CCCCC3)c2O)OC1(C)C. The Morgan fingerprint density at radius 2 is 1.70 bits per heavy atom. The minimum atomic E-state index is -0.755. The van der Waals surface area contributed by atoms with E-state index in [1.54, 1.807) is 18.2 Å². The maximum Gasteiger partial charge on any atom is 0.303 e. The number of ether oxygens (including phenoxy) is 2.